The second-order valence-corrected chi connectivity index (χ2v) is 4.57. The van der Waals surface area contributed by atoms with E-state index in [0.717, 1.165) is 0 Å². The molecule has 1 aromatic carbocycles. The summed E-state index contributed by atoms with van der Waals surface area (Å²) in [5.74, 6) is 0. The van der Waals surface area contributed by atoms with E-state index in [1.807, 2.05) is 0 Å². The van der Waals surface area contributed by atoms with Crippen molar-refractivity contribution >= 4 is 45.4 Å². The van der Waals surface area contributed by atoms with E-state index in [1.54, 1.807) is 25.2 Å². The van der Waals surface area contributed by atoms with Crippen molar-refractivity contribution in [2.75, 3.05) is 0 Å². The van der Waals surface area contributed by atoms with Crippen molar-refractivity contribution in [1.82, 2.24) is 19.7 Å². The van der Waals surface area contributed by atoms with Gasteiger partial charge in [0.25, 0.3) is 0 Å². The van der Waals surface area contributed by atoms with Gasteiger partial charge in [0.05, 0.1) is 11.0 Å². The summed E-state index contributed by atoms with van der Waals surface area (Å²) in [7, 11) is 1.66. The number of nitrogens with zero attached hydrogens (tertiary/aromatic N) is 4. The van der Waals surface area contributed by atoms with Gasteiger partial charge < -0.3 is 0 Å². The molecule has 90 valence electrons. The monoisotopic (exact) mass is 280 g/mol. The highest BCUT2D eigenvalue weighted by Crippen LogP contribution is 2.18. The van der Waals surface area contributed by atoms with Gasteiger partial charge in [-0.15, -0.1) is 0 Å². The number of benzene rings is 1. The summed E-state index contributed by atoms with van der Waals surface area (Å²) < 4.78 is 1.43. The first-order valence-electron chi connectivity index (χ1n) is 5.06. The molecule has 0 aliphatic rings. The molecule has 0 saturated carbocycles. The molecular formula is C11H6Cl2N4O. The summed E-state index contributed by atoms with van der Waals surface area (Å²) in [6.07, 6.45) is 0. The number of aryl methyl sites for hydroxylation is 1. The SMILES string of the molecule is Cn1nc(Cl)c(=O)c2nc3cc(Cl)ccc3nc21. The van der Waals surface area contributed by atoms with Crippen LogP contribution in [0.2, 0.25) is 10.2 Å². The minimum Gasteiger partial charge on any atom is -0.284 e. The molecule has 0 bridgehead atoms. The van der Waals surface area contributed by atoms with Gasteiger partial charge in [-0.05, 0) is 18.2 Å². The van der Waals surface area contributed by atoms with Crippen molar-refractivity contribution in [3.63, 3.8) is 0 Å². The summed E-state index contributed by atoms with van der Waals surface area (Å²) in [6, 6.07) is 5.10. The molecule has 0 saturated heterocycles. The molecule has 5 nitrogen and oxygen atoms in total. The second-order valence-electron chi connectivity index (χ2n) is 3.77. The Morgan fingerprint density at radius 1 is 1.17 bits per heavy atom. The van der Waals surface area contributed by atoms with Gasteiger partial charge in [-0.3, -0.25) is 4.79 Å². The van der Waals surface area contributed by atoms with E-state index in [-0.39, 0.29) is 10.7 Å². The van der Waals surface area contributed by atoms with Gasteiger partial charge >= 0.3 is 0 Å². The zero-order chi connectivity index (χ0) is 12.9. The molecule has 0 fully saturated rings. The molecule has 0 radical (unpaired) electrons. The Morgan fingerprint density at radius 2 is 1.94 bits per heavy atom. The highest BCUT2D eigenvalue weighted by molar-refractivity contribution is 6.31. The number of aromatic nitrogens is 4. The Labute approximate surface area is 111 Å². The van der Waals surface area contributed by atoms with E-state index in [9.17, 15) is 4.79 Å². The van der Waals surface area contributed by atoms with Crippen LogP contribution in [0.1, 0.15) is 0 Å². The third kappa shape index (κ3) is 1.63. The average Bonchev–Trinajstić information content (AvgIpc) is 2.34. The summed E-state index contributed by atoms with van der Waals surface area (Å²) in [5.41, 5.74) is 1.34. The molecule has 2 aromatic heterocycles. The fourth-order valence-electron chi connectivity index (χ4n) is 1.72. The van der Waals surface area contributed by atoms with E-state index in [0.29, 0.717) is 21.7 Å². The summed E-state index contributed by atoms with van der Waals surface area (Å²) in [5, 5.41) is 4.28. The van der Waals surface area contributed by atoms with E-state index < -0.39 is 5.43 Å². The van der Waals surface area contributed by atoms with Gasteiger partial charge in [0.1, 0.15) is 0 Å². The highest BCUT2D eigenvalue weighted by atomic mass is 35.5. The standard InChI is InChI=1S/C11H6Cl2N4O/c1-17-11-8(9(18)10(13)16-17)14-7-4-5(12)2-3-6(7)15-11/h2-4H,1H3. The minimum atomic E-state index is -0.431. The maximum absolute atomic E-state index is 11.9. The number of hydrogen-bond donors (Lipinski definition) is 0. The lowest BCUT2D eigenvalue weighted by molar-refractivity contribution is 0.762. The van der Waals surface area contributed by atoms with Crippen molar-refractivity contribution in [3.05, 3.63) is 38.6 Å². The van der Waals surface area contributed by atoms with Crippen molar-refractivity contribution in [3.8, 4) is 0 Å². The third-order valence-corrected chi connectivity index (χ3v) is 3.04. The van der Waals surface area contributed by atoms with Crippen LogP contribution in [0.5, 0.6) is 0 Å². The Hall–Kier alpha value is -1.72. The Bertz CT molecular complexity index is 844. The minimum absolute atomic E-state index is 0.124. The first-order chi connectivity index (χ1) is 8.56. The van der Waals surface area contributed by atoms with Crippen LogP contribution < -0.4 is 5.43 Å². The van der Waals surface area contributed by atoms with Crippen LogP contribution in [-0.2, 0) is 7.05 Å². The number of hydrogen-bond acceptors (Lipinski definition) is 4. The Kier molecular flexibility index (Phi) is 2.46. The quantitative estimate of drug-likeness (QED) is 0.592. The molecular weight excluding hydrogens is 275 g/mol. The van der Waals surface area contributed by atoms with Gasteiger partial charge in [-0.25, -0.2) is 14.6 Å². The van der Waals surface area contributed by atoms with Crippen LogP contribution in [0.15, 0.2) is 23.0 Å². The molecule has 3 rings (SSSR count). The van der Waals surface area contributed by atoms with E-state index in [4.69, 9.17) is 23.2 Å². The largest absolute Gasteiger partial charge is 0.284 e. The number of rotatable bonds is 0. The molecule has 0 spiro atoms. The topological polar surface area (TPSA) is 60.7 Å². The van der Waals surface area contributed by atoms with Gasteiger partial charge in [-0.1, -0.05) is 23.2 Å². The second kappa shape index (κ2) is 3.90. The zero-order valence-corrected chi connectivity index (χ0v) is 10.7. The van der Waals surface area contributed by atoms with Crippen molar-refractivity contribution in [2.24, 2.45) is 7.05 Å². The van der Waals surface area contributed by atoms with Gasteiger partial charge in [0.15, 0.2) is 16.3 Å². The molecule has 18 heavy (non-hydrogen) atoms. The number of fused-ring (bicyclic) bond motifs is 2. The lowest BCUT2D eigenvalue weighted by Crippen LogP contribution is -2.14. The average molecular weight is 281 g/mol. The molecule has 7 heteroatoms. The van der Waals surface area contributed by atoms with Gasteiger partial charge in [-0.2, -0.15) is 5.10 Å². The predicted molar refractivity (Wildman–Crippen MR) is 70.1 cm³/mol. The molecule has 2 heterocycles. The summed E-state index contributed by atoms with van der Waals surface area (Å²) in [6.45, 7) is 0. The summed E-state index contributed by atoms with van der Waals surface area (Å²) >= 11 is 11.6. The molecule has 0 atom stereocenters. The number of halogens is 2. The van der Waals surface area contributed by atoms with Crippen molar-refractivity contribution in [2.45, 2.75) is 0 Å². The normalized spacial score (nSPS) is 11.3. The lowest BCUT2D eigenvalue weighted by Gasteiger charge is -2.05. The Morgan fingerprint density at radius 3 is 2.72 bits per heavy atom. The van der Waals surface area contributed by atoms with Crippen LogP contribution in [0.25, 0.3) is 22.2 Å². The van der Waals surface area contributed by atoms with Gasteiger partial charge in [0.2, 0.25) is 5.43 Å². The highest BCUT2D eigenvalue weighted by Gasteiger charge is 2.11. The first-order valence-corrected chi connectivity index (χ1v) is 5.81. The van der Waals surface area contributed by atoms with E-state index in [1.165, 1.54) is 4.68 Å². The molecule has 0 N–H and O–H groups in total. The smallest absolute Gasteiger partial charge is 0.246 e. The van der Waals surface area contributed by atoms with Crippen LogP contribution >= 0.6 is 23.2 Å². The third-order valence-electron chi connectivity index (χ3n) is 2.55. The van der Waals surface area contributed by atoms with Crippen LogP contribution in [-0.4, -0.2) is 19.7 Å². The molecule has 0 aliphatic heterocycles. The maximum atomic E-state index is 11.9. The van der Waals surface area contributed by atoms with Crippen LogP contribution in [0.4, 0.5) is 0 Å². The maximum Gasteiger partial charge on any atom is 0.246 e. The Balaban J connectivity index is 2.57. The predicted octanol–water partition coefficient (Wildman–Crippen LogP) is 2.18. The first kappa shape index (κ1) is 11.4. The van der Waals surface area contributed by atoms with Crippen molar-refractivity contribution in [1.29, 1.82) is 0 Å². The van der Waals surface area contributed by atoms with Gasteiger partial charge in [0, 0.05) is 12.1 Å². The molecule has 3 aromatic rings. The zero-order valence-electron chi connectivity index (χ0n) is 9.19. The molecule has 0 amide bonds. The van der Waals surface area contributed by atoms with Crippen LogP contribution in [0, 0.1) is 0 Å². The molecule has 0 aliphatic carbocycles. The fraction of sp³-hybridized carbons (Fsp3) is 0.0909. The van der Waals surface area contributed by atoms with Crippen molar-refractivity contribution < 1.29 is 0 Å². The van der Waals surface area contributed by atoms with E-state index >= 15 is 0 Å². The van der Waals surface area contributed by atoms with E-state index in [2.05, 4.69) is 15.1 Å². The van der Waals surface area contributed by atoms with Crippen LogP contribution in [0.3, 0.4) is 0 Å². The lowest BCUT2D eigenvalue weighted by atomic mass is 10.3. The molecule has 0 unspecified atom stereocenters. The summed E-state index contributed by atoms with van der Waals surface area (Å²) in [4.78, 5) is 20.5. The fourth-order valence-corrected chi connectivity index (χ4v) is 2.09.